The summed E-state index contributed by atoms with van der Waals surface area (Å²) in [5, 5.41) is 12.6. The molecule has 1 saturated heterocycles. The molecule has 0 unspecified atom stereocenters. The Labute approximate surface area is 135 Å². The van der Waals surface area contributed by atoms with Crippen molar-refractivity contribution in [1.29, 1.82) is 0 Å². The molecule has 0 saturated carbocycles. The maximum atomic E-state index is 12.8. The number of anilines is 1. The largest absolute Gasteiger partial charge is 0.395 e. The molecule has 1 aliphatic rings. The minimum atomic E-state index is -0.444. The summed E-state index contributed by atoms with van der Waals surface area (Å²) in [5.74, 6) is -0.0318. The molecule has 0 spiro atoms. The van der Waals surface area contributed by atoms with Crippen molar-refractivity contribution in [3.8, 4) is 0 Å². The van der Waals surface area contributed by atoms with Gasteiger partial charge in [-0.15, -0.1) is 0 Å². The zero-order valence-electron chi connectivity index (χ0n) is 13.0. The number of hydrogen-bond donors (Lipinski definition) is 2. The van der Waals surface area contributed by atoms with Gasteiger partial charge in [-0.1, -0.05) is 24.3 Å². The van der Waals surface area contributed by atoms with Crippen LogP contribution in [0.4, 0.5) is 10.3 Å². The van der Waals surface area contributed by atoms with Crippen LogP contribution in [0.5, 0.6) is 0 Å². The molecule has 0 aliphatic carbocycles. The second-order valence-corrected chi connectivity index (χ2v) is 5.80. The number of aromatic nitrogens is 2. The predicted octanol–water partition coefficient (Wildman–Crippen LogP) is 2.18. The lowest BCUT2D eigenvalue weighted by molar-refractivity contribution is 0.153. The summed E-state index contributed by atoms with van der Waals surface area (Å²) in [6, 6.07) is 8.46. The van der Waals surface area contributed by atoms with Crippen molar-refractivity contribution in [1.82, 2.24) is 14.9 Å². The van der Waals surface area contributed by atoms with Gasteiger partial charge in [-0.05, 0) is 30.5 Å². The van der Waals surface area contributed by atoms with Crippen LogP contribution in [0.1, 0.15) is 24.0 Å². The molecular weight excluding hydrogens is 295 g/mol. The Morgan fingerprint density at radius 3 is 2.70 bits per heavy atom. The first-order valence-corrected chi connectivity index (χ1v) is 7.89. The van der Waals surface area contributed by atoms with E-state index in [-0.39, 0.29) is 12.6 Å². The van der Waals surface area contributed by atoms with Gasteiger partial charge in [-0.3, -0.25) is 4.90 Å². The summed E-state index contributed by atoms with van der Waals surface area (Å²) in [7, 11) is 0. The first-order valence-electron chi connectivity index (χ1n) is 7.89. The van der Waals surface area contributed by atoms with E-state index < -0.39 is 5.82 Å². The highest BCUT2D eigenvalue weighted by Crippen LogP contribution is 2.21. The Kier molecular flexibility index (Phi) is 5.15. The van der Waals surface area contributed by atoms with E-state index in [1.54, 1.807) is 0 Å². The van der Waals surface area contributed by atoms with Crippen LogP contribution in [0, 0.1) is 5.82 Å². The maximum absolute atomic E-state index is 12.8. The van der Waals surface area contributed by atoms with Crippen molar-refractivity contribution in [2.24, 2.45) is 0 Å². The van der Waals surface area contributed by atoms with Crippen LogP contribution in [0.15, 0.2) is 36.7 Å². The van der Waals surface area contributed by atoms with Crippen molar-refractivity contribution in [2.75, 3.05) is 18.5 Å². The maximum Gasteiger partial charge on any atom is 0.223 e. The average Bonchev–Trinajstić information content (AvgIpc) is 3.03. The van der Waals surface area contributed by atoms with Crippen molar-refractivity contribution in [2.45, 2.75) is 32.0 Å². The molecule has 23 heavy (non-hydrogen) atoms. The minimum Gasteiger partial charge on any atom is -0.395 e. The van der Waals surface area contributed by atoms with E-state index in [1.165, 1.54) is 5.56 Å². The first kappa shape index (κ1) is 15.8. The number of halogens is 1. The summed E-state index contributed by atoms with van der Waals surface area (Å²) in [5.41, 5.74) is 2.38. The molecule has 122 valence electrons. The summed E-state index contributed by atoms with van der Waals surface area (Å²) in [4.78, 5) is 10.1. The number of aliphatic hydroxyl groups is 1. The standard InChI is InChI=1S/C17H21FN4O/c18-15-9-20-17(21-10-15)19-8-13-4-1-2-5-14(13)11-22-7-3-6-16(22)12-23/h1-2,4-5,9-10,16,23H,3,6-8,11-12H2,(H,19,20,21)/t16-/m0/s1. The number of nitrogens with zero attached hydrogens (tertiary/aromatic N) is 3. The Morgan fingerprint density at radius 1 is 1.22 bits per heavy atom. The van der Waals surface area contributed by atoms with E-state index in [1.807, 2.05) is 12.1 Å². The Hall–Kier alpha value is -2.05. The van der Waals surface area contributed by atoms with Gasteiger partial charge < -0.3 is 10.4 Å². The number of aliphatic hydroxyl groups excluding tert-OH is 1. The molecule has 1 atom stereocenters. The van der Waals surface area contributed by atoms with E-state index >= 15 is 0 Å². The van der Waals surface area contributed by atoms with Crippen molar-refractivity contribution in [3.05, 3.63) is 53.6 Å². The van der Waals surface area contributed by atoms with Gasteiger partial charge in [0.05, 0.1) is 19.0 Å². The molecule has 2 aromatic rings. The smallest absolute Gasteiger partial charge is 0.223 e. The highest BCUT2D eigenvalue weighted by molar-refractivity contribution is 5.32. The third-order valence-corrected chi connectivity index (χ3v) is 4.26. The fraction of sp³-hybridized carbons (Fsp3) is 0.412. The van der Waals surface area contributed by atoms with Crippen molar-refractivity contribution in [3.63, 3.8) is 0 Å². The lowest BCUT2D eigenvalue weighted by Gasteiger charge is -2.24. The molecule has 0 amide bonds. The monoisotopic (exact) mass is 316 g/mol. The molecular formula is C17H21FN4O. The molecule has 2 heterocycles. The molecule has 0 bridgehead atoms. The predicted molar refractivity (Wildman–Crippen MR) is 86.3 cm³/mol. The van der Waals surface area contributed by atoms with Gasteiger partial charge >= 0.3 is 0 Å². The number of likely N-dealkylation sites (tertiary alicyclic amines) is 1. The van der Waals surface area contributed by atoms with Crippen molar-refractivity contribution >= 4 is 5.95 Å². The highest BCUT2D eigenvalue weighted by Gasteiger charge is 2.24. The summed E-state index contributed by atoms with van der Waals surface area (Å²) < 4.78 is 12.8. The Morgan fingerprint density at radius 2 is 1.96 bits per heavy atom. The zero-order chi connectivity index (χ0) is 16.1. The fourth-order valence-corrected chi connectivity index (χ4v) is 2.99. The van der Waals surface area contributed by atoms with Crippen LogP contribution >= 0.6 is 0 Å². The Bertz CT molecular complexity index is 635. The SMILES string of the molecule is OC[C@@H]1CCCN1Cc1ccccc1CNc1ncc(F)cn1. The molecule has 1 fully saturated rings. The number of hydrogen-bond acceptors (Lipinski definition) is 5. The second-order valence-electron chi connectivity index (χ2n) is 5.80. The van der Waals surface area contributed by atoms with E-state index in [2.05, 4.69) is 32.3 Å². The van der Waals surface area contributed by atoms with Gasteiger partial charge in [0, 0.05) is 19.1 Å². The van der Waals surface area contributed by atoms with E-state index in [4.69, 9.17) is 0 Å². The molecule has 3 rings (SSSR count). The van der Waals surface area contributed by atoms with Crippen molar-refractivity contribution < 1.29 is 9.50 Å². The fourth-order valence-electron chi connectivity index (χ4n) is 2.99. The molecule has 1 aromatic heterocycles. The van der Waals surface area contributed by atoms with Gasteiger partial charge in [0.25, 0.3) is 0 Å². The minimum absolute atomic E-state index is 0.212. The molecule has 6 heteroatoms. The van der Waals surface area contributed by atoms with Gasteiger partial charge in [0.15, 0.2) is 5.82 Å². The van der Waals surface area contributed by atoms with Crippen LogP contribution in [-0.4, -0.2) is 39.2 Å². The average molecular weight is 316 g/mol. The molecule has 5 nitrogen and oxygen atoms in total. The molecule has 1 aromatic carbocycles. The highest BCUT2D eigenvalue weighted by atomic mass is 19.1. The number of nitrogens with one attached hydrogen (secondary N) is 1. The van der Waals surface area contributed by atoms with E-state index in [0.29, 0.717) is 12.5 Å². The van der Waals surface area contributed by atoms with Crippen LogP contribution < -0.4 is 5.32 Å². The van der Waals surface area contributed by atoms with E-state index in [0.717, 1.165) is 43.9 Å². The molecule has 0 radical (unpaired) electrons. The second kappa shape index (κ2) is 7.48. The lowest BCUT2D eigenvalue weighted by Crippen LogP contribution is -2.32. The quantitative estimate of drug-likeness (QED) is 0.855. The number of rotatable bonds is 6. The number of benzene rings is 1. The normalized spacial score (nSPS) is 18.3. The van der Waals surface area contributed by atoms with Gasteiger partial charge in [-0.25, -0.2) is 14.4 Å². The molecule has 1 aliphatic heterocycles. The zero-order valence-corrected chi connectivity index (χ0v) is 13.0. The summed E-state index contributed by atoms with van der Waals surface area (Å²) in [6.45, 7) is 2.64. The third-order valence-electron chi connectivity index (χ3n) is 4.26. The third kappa shape index (κ3) is 4.03. The van der Waals surface area contributed by atoms with Crippen LogP contribution in [0.2, 0.25) is 0 Å². The van der Waals surface area contributed by atoms with Crippen LogP contribution in [0.3, 0.4) is 0 Å². The summed E-state index contributed by atoms with van der Waals surface area (Å²) in [6.07, 6.45) is 4.49. The van der Waals surface area contributed by atoms with Gasteiger partial charge in [0.1, 0.15) is 0 Å². The first-order chi connectivity index (χ1) is 11.3. The Balaban J connectivity index is 1.66. The van der Waals surface area contributed by atoms with Gasteiger partial charge in [-0.2, -0.15) is 0 Å². The van der Waals surface area contributed by atoms with Gasteiger partial charge in [0.2, 0.25) is 5.95 Å². The topological polar surface area (TPSA) is 61.3 Å². The van der Waals surface area contributed by atoms with Crippen LogP contribution in [0.25, 0.3) is 0 Å². The summed E-state index contributed by atoms with van der Waals surface area (Å²) >= 11 is 0. The molecule has 2 N–H and O–H groups in total. The van der Waals surface area contributed by atoms with E-state index in [9.17, 15) is 9.50 Å². The van der Waals surface area contributed by atoms with Crippen LogP contribution in [-0.2, 0) is 13.1 Å². The lowest BCUT2D eigenvalue weighted by atomic mass is 10.1.